The van der Waals surface area contributed by atoms with Crippen LogP contribution < -0.4 is 16.4 Å². The van der Waals surface area contributed by atoms with Gasteiger partial charge in [0.05, 0.1) is 11.1 Å². The molecular formula is C17H25F2N3O2. The lowest BCUT2D eigenvalue weighted by atomic mass is 9.92. The number of carbonyl (C=O) groups excluding carboxylic acids is 2. The number of benzene rings is 1. The van der Waals surface area contributed by atoms with Crippen molar-refractivity contribution in [3.05, 3.63) is 35.4 Å². The van der Waals surface area contributed by atoms with Crippen LogP contribution in [0.15, 0.2) is 18.2 Å². The van der Waals surface area contributed by atoms with E-state index in [1.165, 1.54) is 0 Å². The minimum Gasteiger partial charge on any atom is -0.352 e. The van der Waals surface area contributed by atoms with E-state index in [1.54, 1.807) is 0 Å². The second-order valence-electron chi connectivity index (χ2n) is 5.72. The van der Waals surface area contributed by atoms with Crippen LogP contribution in [0.4, 0.5) is 8.78 Å². The van der Waals surface area contributed by atoms with Crippen LogP contribution in [0.1, 0.15) is 49.9 Å². The van der Waals surface area contributed by atoms with E-state index in [0.717, 1.165) is 25.0 Å². The normalized spacial score (nSPS) is 11.2. The molecule has 0 saturated carbocycles. The molecule has 5 nitrogen and oxygen atoms in total. The fraction of sp³-hybridized carbons (Fsp3) is 0.529. The second-order valence-corrected chi connectivity index (χ2v) is 5.72. The number of amides is 2. The first-order valence-corrected chi connectivity index (χ1v) is 8.11. The minimum absolute atomic E-state index is 0.133. The van der Waals surface area contributed by atoms with Crippen LogP contribution in [-0.4, -0.2) is 30.4 Å². The van der Waals surface area contributed by atoms with Gasteiger partial charge >= 0.3 is 0 Å². The molecule has 0 saturated heterocycles. The summed E-state index contributed by atoms with van der Waals surface area (Å²) in [7, 11) is 0. The van der Waals surface area contributed by atoms with Crippen molar-refractivity contribution >= 4 is 11.8 Å². The molecule has 4 N–H and O–H groups in total. The maximum Gasteiger partial charge on any atom is 0.254 e. The first-order chi connectivity index (χ1) is 11.4. The van der Waals surface area contributed by atoms with Crippen LogP contribution in [0.5, 0.6) is 0 Å². The molecule has 24 heavy (non-hydrogen) atoms. The highest BCUT2D eigenvalue weighted by Gasteiger charge is 2.25. The van der Waals surface area contributed by atoms with E-state index in [0.29, 0.717) is 19.0 Å². The number of carbonyl (C=O) groups is 2. The quantitative estimate of drug-likeness (QED) is 0.602. The van der Waals surface area contributed by atoms with Gasteiger partial charge in [-0.25, -0.2) is 8.78 Å². The monoisotopic (exact) mass is 341 g/mol. The van der Waals surface area contributed by atoms with Gasteiger partial charge in [0.1, 0.15) is 11.6 Å². The molecule has 7 heteroatoms. The molecule has 0 heterocycles. The Bertz CT molecular complexity index is 567. The maximum absolute atomic E-state index is 13.5. The van der Waals surface area contributed by atoms with Gasteiger partial charge in [0.15, 0.2) is 0 Å². The Kier molecular flexibility index (Phi) is 7.78. The second kappa shape index (κ2) is 9.32. The fourth-order valence-corrected chi connectivity index (χ4v) is 2.34. The molecular weight excluding hydrogens is 316 g/mol. The van der Waals surface area contributed by atoms with Crippen LogP contribution in [0.2, 0.25) is 0 Å². The molecule has 0 unspecified atom stereocenters. The molecule has 1 aromatic rings. The molecule has 0 aliphatic rings. The van der Waals surface area contributed by atoms with E-state index in [-0.39, 0.29) is 24.4 Å². The summed E-state index contributed by atoms with van der Waals surface area (Å²) in [5.74, 6) is -2.42. The molecule has 0 spiro atoms. The van der Waals surface area contributed by atoms with E-state index in [9.17, 15) is 18.4 Å². The number of rotatable bonds is 9. The summed E-state index contributed by atoms with van der Waals surface area (Å²) in [6, 6.07) is 2.77. The minimum atomic E-state index is -0.913. The smallest absolute Gasteiger partial charge is 0.254 e. The Morgan fingerprint density at radius 2 is 1.88 bits per heavy atom. The number of halogens is 2. The van der Waals surface area contributed by atoms with Crippen molar-refractivity contribution in [2.45, 2.75) is 45.1 Å². The van der Waals surface area contributed by atoms with E-state index < -0.39 is 23.1 Å². The van der Waals surface area contributed by atoms with Gasteiger partial charge in [0, 0.05) is 25.6 Å². The third-order valence-electron chi connectivity index (χ3n) is 4.19. The van der Waals surface area contributed by atoms with Crippen molar-refractivity contribution in [1.82, 2.24) is 10.6 Å². The number of hydrogen-bond acceptors (Lipinski definition) is 3. The molecule has 0 bridgehead atoms. The summed E-state index contributed by atoms with van der Waals surface area (Å²) in [4.78, 5) is 23.8. The summed E-state index contributed by atoms with van der Waals surface area (Å²) in [6.45, 7) is 4.52. The molecule has 0 fully saturated rings. The predicted octanol–water partition coefficient (Wildman–Crippen LogP) is 2.11. The molecule has 0 atom stereocenters. The highest BCUT2D eigenvalue weighted by molar-refractivity contribution is 5.94. The van der Waals surface area contributed by atoms with Crippen LogP contribution in [-0.2, 0) is 4.79 Å². The largest absolute Gasteiger partial charge is 0.352 e. The lowest BCUT2D eigenvalue weighted by Crippen LogP contribution is -2.52. The molecule has 134 valence electrons. The Morgan fingerprint density at radius 1 is 1.21 bits per heavy atom. The van der Waals surface area contributed by atoms with E-state index >= 15 is 0 Å². The SMILES string of the molecule is CCC(CC)(CN)NC(=O)CCCNC(=O)c1ccc(F)cc1F. The zero-order valence-electron chi connectivity index (χ0n) is 14.1. The lowest BCUT2D eigenvalue weighted by Gasteiger charge is -2.31. The number of nitrogens with one attached hydrogen (secondary N) is 2. The standard InChI is InChI=1S/C17H25F2N3O2/c1-3-17(4-2,11-20)22-15(23)6-5-9-21-16(24)13-8-7-12(18)10-14(13)19/h7-8,10H,3-6,9,11,20H2,1-2H3,(H,21,24)(H,22,23). The van der Waals surface area contributed by atoms with E-state index in [2.05, 4.69) is 10.6 Å². The van der Waals surface area contributed by atoms with Crippen molar-refractivity contribution in [2.75, 3.05) is 13.1 Å². The van der Waals surface area contributed by atoms with Gasteiger partial charge in [-0.05, 0) is 31.4 Å². The third-order valence-corrected chi connectivity index (χ3v) is 4.19. The van der Waals surface area contributed by atoms with Gasteiger partial charge < -0.3 is 16.4 Å². The Morgan fingerprint density at radius 3 is 2.42 bits per heavy atom. The highest BCUT2D eigenvalue weighted by atomic mass is 19.1. The number of nitrogens with two attached hydrogens (primary N) is 1. The van der Waals surface area contributed by atoms with Crippen molar-refractivity contribution in [3.8, 4) is 0 Å². The first-order valence-electron chi connectivity index (χ1n) is 8.11. The van der Waals surface area contributed by atoms with Crippen LogP contribution in [0.3, 0.4) is 0 Å². The van der Waals surface area contributed by atoms with Crippen molar-refractivity contribution in [3.63, 3.8) is 0 Å². The molecule has 0 radical (unpaired) electrons. The molecule has 2 amide bonds. The predicted molar refractivity (Wildman–Crippen MR) is 88.4 cm³/mol. The summed E-state index contributed by atoms with van der Waals surface area (Å²) in [5, 5.41) is 5.45. The summed E-state index contributed by atoms with van der Waals surface area (Å²) in [6.07, 6.45) is 2.13. The van der Waals surface area contributed by atoms with Crippen molar-refractivity contribution in [2.24, 2.45) is 5.73 Å². The van der Waals surface area contributed by atoms with Gasteiger partial charge in [-0.1, -0.05) is 13.8 Å². The molecule has 1 rings (SSSR count). The Hall–Kier alpha value is -2.02. The summed E-state index contributed by atoms with van der Waals surface area (Å²) >= 11 is 0. The molecule has 0 aliphatic heterocycles. The van der Waals surface area contributed by atoms with Crippen LogP contribution in [0, 0.1) is 11.6 Å². The van der Waals surface area contributed by atoms with Gasteiger partial charge in [-0.15, -0.1) is 0 Å². The molecule has 0 aromatic heterocycles. The number of hydrogen-bond donors (Lipinski definition) is 3. The van der Waals surface area contributed by atoms with Gasteiger partial charge in [-0.3, -0.25) is 9.59 Å². The van der Waals surface area contributed by atoms with Crippen molar-refractivity contribution in [1.29, 1.82) is 0 Å². The zero-order chi connectivity index (χ0) is 18.2. The molecule has 0 aliphatic carbocycles. The summed E-state index contributed by atoms with van der Waals surface area (Å²) in [5.41, 5.74) is 5.11. The van der Waals surface area contributed by atoms with E-state index in [1.807, 2.05) is 13.8 Å². The highest BCUT2D eigenvalue weighted by Crippen LogP contribution is 2.13. The Labute approximate surface area is 141 Å². The first kappa shape index (κ1) is 20.0. The van der Waals surface area contributed by atoms with Gasteiger partial charge in [0.2, 0.25) is 5.91 Å². The zero-order valence-corrected chi connectivity index (χ0v) is 14.1. The van der Waals surface area contributed by atoms with Crippen LogP contribution in [0.25, 0.3) is 0 Å². The van der Waals surface area contributed by atoms with Gasteiger partial charge in [-0.2, -0.15) is 0 Å². The average Bonchev–Trinajstić information content (AvgIpc) is 2.56. The topological polar surface area (TPSA) is 84.2 Å². The Balaban J connectivity index is 2.40. The lowest BCUT2D eigenvalue weighted by molar-refractivity contribution is -0.123. The average molecular weight is 341 g/mol. The summed E-state index contributed by atoms with van der Waals surface area (Å²) < 4.78 is 26.3. The van der Waals surface area contributed by atoms with Crippen LogP contribution >= 0.6 is 0 Å². The third kappa shape index (κ3) is 5.56. The fourth-order valence-electron chi connectivity index (χ4n) is 2.34. The molecule has 1 aromatic carbocycles. The van der Waals surface area contributed by atoms with Gasteiger partial charge in [0.25, 0.3) is 5.91 Å². The van der Waals surface area contributed by atoms with Crippen molar-refractivity contribution < 1.29 is 18.4 Å². The van der Waals surface area contributed by atoms with E-state index in [4.69, 9.17) is 5.73 Å². The maximum atomic E-state index is 13.5.